The number of carboxylic acid groups (broad SMARTS) is 1. The van der Waals surface area contributed by atoms with Crippen molar-refractivity contribution in [2.45, 2.75) is 25.7 Å². The van der Waals surface area contributed by atoms with E-state index in [-0.39, 0.29) is 5.56 Å². The molecule has 1 saturated carbocycles. The van der Waals surface area contributed by atoms with E-state index in [9.17, 15) is 18.7 Å². The molecular formula is C12H12F2O2. The number of carboxylic acids is 1. The fraction of sp³-hybridized carbons (Fsp3) is 0.417. The summed E-state index contributed by atoms with van der Waals surface area (Å²) < 4.78 is 26.1. The van der Waals surface area contributed by atoms with Crippen LogP contribution in [-0.4, -0.2) is 11.1 Å². The van der Waals surface area contributed by atoms with Crippen LogP contribution in [-0.2, 0) is 10.2 Å². The van der Waals surface area contributed by atoms with E-state index in [1.54, 1.807) is 13.8 Å². The number of carbonyl (C=O) groups is 1. The normalized spacial score (nSPS) is 26.5. The number of benzene rings is 1. The molecule has 0 spiro atoms. The number of hydrogen-bond donors (Lipinski definition) is 1. The van der Waals surface area contributed by atoms with Gasteiger partial charge in [-0.1, -0.05) is 13.8 Å². The minimum Gasteiger partial charge on any atom is -0.481 e. The third-order valence-electron chi connectivity index (χ3n) is 3.46. The maximum absolute atomic E-state index is 13.1. The van der Waals surface area contributed by atoms with Crippen LogP contribution in [0.5, 0.6) is 0 Å². The van der Waals surface area contributed by atoms with Gasteiger partial charge in [0.1, 0.15) is 11.6 Å². The van der Waals surface area contributed by atoms with Crippen molar-refractivity contribution >= 4 is 5.97 Å². The molecule has 1 N–H and O–H groups in total. The third-order valence-corrected chi connectivity index (χ3v) is 3.46. The summed E-state index contributed by atoms with van der Waals surface area (Å²) in [6, 6.07) is 2.95. The number of hydrogen-bond acceptors (Lipinski definition) is 1. The summed E-state index contributed by atoms with van der Waals surface area (Å²) in [7, 11) is 0. The Morgan fingerprint density at radius 2 is 1.69 bits per heavy atom. The second kappa shape index (κ2) is 3.03. The van der Waals surface area contributed by atoms with Crippen molar-refractivity contribution in [3.8, 4) is 0 Å². The Labute approximate surface area is 91.9 Å². The van der Waals surface area contributed by atoms with E-state index < -0.39 is 28.4 Å². The summed E-state index contributed by atoms with van der Waals surface area (Å²) in [6.07, 6.45) is 0.401. The average Bonchev–Trinajstić information content (AvgIpc) is 2.69. The standard InChI is InChI=1S/C12H12F2O2/c1-11(2)6-12(11,10(15)16)7-3-8(13)5-9(14)4-7/h3-5H,6H2,1-2H3,(H,15,16). The summed E-state index contributed by atoms with van der Waals surface area (Å²) in [5, 5.41) is 9.23. The molecule has 0 radical (unpaired) electrons. The van der Waals surface area contributed by atoms with Gasteiger partial charge in [0.25, 0.3) is 0 Å². The van der Waals surface area contributed by atoms with Crippen LogP contribution in [0.15, 0.2) is 18.2 Å². The van der Waals surface area contributed by atoms with Gasteiger partial charge in [-0.25, -0.2) is 8.78 Å². The van der Waals surface area contributed by atoms with E-state index in [0.717, 1.165) is 18.2 Å². The highest BCUT2D eigenvalue weighted by Crippen LogP contribution is 2.64. The van der Waals surface area contributed by atoms with Crippen LogP contribution in [0.1, 0.15) is 25.8 Å². The molecule has 86 valence electrons. The molecule has 0 aliphatic heterocycles. The van der Waals surface area contributed by atoms with Gasteiger partial charge in [0.15, 0.2) is 0 Å². The van der Waals surface area contributed by atoms with Gasteiger partial charge < -0.3 is 5.11 Å². The molecule has 0 bridgehead atoms. The van der Waals surface area contributed by atoms with Crippen LogP contribution in [0, 0.1) is 17.0 Å². The zero-order valence-corrected chi connectivity index (χ0v) is 9.05. The van der Waals surface area contributed by atoms with Gasteiger partial charge in [0.05, 0.1) is 5.41 Å². The van der Waals surface area contributed by atoms with Gasteiger partial charge >= 0.3 is 5.97 Å². The first-order valence-corrected chi connectivity index (χ1v) is 4.99. The van der Waals surface area contributed by atoms with Crippen molar-refractivity contribution in [2.24, 2.45) is 5.41 Å². The molecule has 2 nitrogen and oxygen atoms in total. The van der Waals surface area contributed by atoms with Crippen LogP contribution < -0.4 is 0 Å². The van der Waals surface area contributed by atoms with Gasteiger partial charge in [-0.15, -0.1) is 0 Å². The largest absolute Gasteiger partial charge is 0.481 e. The minimum absolute atomic E-state index is 0.211. The molecule has 0 aromatic heterocycles. The molecule has 0 heterocycles. The Hall–Kier alpha value is -1.45. The second-order valence-electron chi connectivity index (χ2n) is 4.93. The third kappa shape index (κ3) is 1.32. The lowest BCUT2D eigenvalue weighted by molar-refractivity contribution is -0.141. The highest BCUT2D eigenvalue weighted by molar-refractivity contribution is 5.87. The molecule has 0 saturated heterocycles. The van der Waals surface area contributed by atoms with Gasteiger partial charge in [0.2, 0.25) is 0 Å². The van der Waals surface area contributed by atoms with Crippen molar-refractivity contribution in [2.75, 3.05) is 0 Å². The van der Waals surface area contributed by atoms with E-state index in [4.69, 9.17) is 0 Å². The average molecular weight is 226 g/mol. The molecule has 1 aliphatic rings. The smallest absolute Gasteiger partial charge is 0.314 e. The molecule has 16 heavy (non-hydrogen) atoms. The van der Waals surface area contributed by atoms with E-state index in [0.29, 0.717) is 6.42 Å². The monoisotopic (exact) mass is 226 g/mol. The fourth-order valence-electron chi connectivity index (χ4n) is 2.40. The van der Waals surface area contributed by atoms with Crippen LogP contribution in [0.25, 0.3) is 0 Å². The molecule has 1 aromatic carbocycles. The maximum Gasteiger partial charge on any atom is 0.314 e. The molecule has 1 fully saturated rings. The van der Waals surface area contributed by atoms with Crippen molar-refractivity contribution in [1.29, 1.82) is 0 Å². The maximum atomic E-state index is 13.1. The zero-order chi connectivity index (χ0) is 12.1. The van der Waals surface area contributed by atoms with Gasteiger partial charge in [-0.3, -0.25) is 4.79 Å². The summed E-state index contributed by atoms with van der Waals surface area (Å²) in [5.74, 6) is -2.50. The van der Waals surface area contributed by atoms with Gasteiger partial charge in [-0.05, 0) is 29.5 Å². The Bertz CT molecular complexity index is 448. The van der Waals surface area contributed by atoms with Crippen LogP contribution in [0.4, 0.5) is 8.78 Å². The number of aliphatic carboxylic acids is 1. The van der Waals surface area contributed by atoms with Crippen molar-refractivity contribution in [3.63, 3.8) is 0 Å². The lowest BCUT2D eigenvalue weighted by atomic mass is 9.88. The summed E-state index contributed by atoms with van der Waals surface area (Å²) in [6.45, 7) is 3.56. The molecule has 1 aliphatic carbocycles. The van der Waals surface area contributed by atoms with E-state index in [1.807, 2.05) is 0 Å². The van der Waals surface area contributed by atoms with E-state index in [2.05, 4.69) is 0 Å². The summed E-state index contributed by atoms with van der Waals surface area (Å²) in [5.41, 5.74) is -1.39. The van der Waals surface area contributed by atoms with E-state index in [1.165, 1.54) is 0 Å². The Kier molecular flexibility index (Phi) is 2.09. The van der Waals surface area contributed by atoms with Gasteiger partial charge in [0, 0.05) is 6.07 Å². The second-order valence-corrected chi connectivity index (χ2v) is 4.93. The zero-order valence-electron chi connectivity index (χ0n) is 9.05. The van der Waals surface area contributed by atoms with E-state index >= 15 is 0 Å². The summed E-state index contributed by atoms with van der Waals surface area (Å²) in [4.78, 5) is 11.3. The molecule has 1 aromatic rings. The Morgan fingerprint density at radius 3 is 2.00 bits per heavy atom. The molecule has 2 rings (SSSR count). The molecular weight excluding hydrogens is 214 g/mol. The first kappa shape index (κ1) is 11.0. The SMILES string of the molecule is CC1(C)CC1(C(=O)O)c1cc(F)cc(F)c1. The van der Waals surface area contributed by atoms with Crippen LogP contribution in [0.2, 0.25) is 0 Å². The predicted molar refractivity (Wildman–Crippen MR) is 54.1 cm³/mol. The highest BCUT2D eigenvalue weighted by Gasteiger charge is 2.67. The topological polar surface area (TPSA) is 37.3 Å². The minimum atomic E-state index is -1.14. The number of halogens is 2. The van der Waals surface area contributed by atoms with Crippen LogP contribution >= 0.6 is 0 Å². The first-order chi connectivity index (χ1) is 7.29. The van der Waals surface area contributed by atoms with Gasteiger partial charge in [-0.2, -0.15) is 0 Å². The van der Waals surface area contributed by atoms with Crippen LogP contribution in [0.3, 0.4) is 0 Å². The number of rotatable bonds is 2. The fourth-order valence-corrected chi connectivity index (χ4v) is 2.40. The summed E-state index contributed by atoms with van der Waals surface area (Å²) >= 11 is 0. The first-order valence-electron chi connectivity index (χ1n) is 4.99. The van der Waals surface area contributed by atoms with Crippen molar-refractivity contribution in [3.05, 3.63) is 35.4 Å². The molecule has 1 atom stereocenters. The molecule has 1 unspecified atom stereocenters. The highest BCUT2D eigenvalue weighted by atomic mass is 19.1. The molecule has 4 heteroatoms. The lowest BCUT2D eigenvalue weighted by Gasteiger charge is -2.16. The Balaban J connectivity index is 2.55. The molecule has 0 amide bonds. The van der Waals surface area contributed by atoms with Crippen molar-refractivity contribution < 1.29 is 18.7 Å². The Morgan fingerprint density at radius 1 is 1.25 bits per heavy atom. The predicted octanol–water partition coefficient (Wildman–Crippen LogP) is 2.72. The quantitative estimate of drug-likeness (QED) is 0.841. The lowest BCUT2D eigenvalue weighted by Crippen LogP contribution is -2.25. The van der Waals surface area contributed by atoms with Crippen molar-refractivity contribution in [1.82, 2.24) is 0 Å².